The van der Waals surface area contributed by atoms with Crippen molar-refractivity contribution < 1.29 is 19.4 Å². The summed E-state index contributed by atoms with van der Waals surface area (Å²) in [5.74, 6) is 0. The molecular formula is C19H22O4. The number of ether oxygens (including phenoxy) is 2. The van der Waals surface area contributed by atoms with Crippen LogP contribution in [-0.2, 0) is 27.5 Å². The van der Waals surface area contributed by atoms with Gasteiger partial charge < -0.3 is 19.4 Å². The first-order chi connectivity index (χ1) is 11.2. The maximum absolute atomic E-state index is 11.4. The van der Waals surface area contributed by atoms with Crippen LogP contribution in [0.4, 0.5) is 0 Å². The molecule has 2 aromatic carbocycles. The number of hydrogen-bond acceptors (Lipinski definition) is 4. The molecule has 122 valence electrons. The molecule has 0 saturated carbocycles. The Morgan fingerprint density at radius 1 is 0.913 bits per heavy atom. The van der Waals surface area contributed by atoms with E-state index in [0.29, 0.717) is 19.5 Å². The molecule has 3 atom stereocenters. The number of carbonyl (C=O) groups is 1. The molecule has 2 rings (SSSR count). The van der Waals surface area contributed by atoms with Crippen molar-refractivity contribution in [1.82, 2.24) is 0 Å². The van der Waals surface area contributed by atoms with Crippen molar-refractivity contribution >= 4 is 6.29 Å². The lowest BCUT2D eigenvalue weighted by Crippen LogP contribution is -2.40. The van der Waals surface area contributed by atoms with E-state index < -0.39 is 18.3 Å². The predicted molar refractivity (Wildman–Crippen MR) is 87.8 cm³/mol. The molecular weight excluding hydrogens is 292 g/mol. The molecule has 0 aliphatic heterocycles. The Balaban J connectivity index is 1.94. The van der Waals surface area contributed by atoms with Gasteiger partial charge in [0.25, 0.3) is 0 Å². The van der Waals surface area contributed by atoms with Crippen molar-refractivity contribution in [2.75, 3.05) is 0 Å². The van der Waals surface area contributed by atoms with E-state index in [2.05, 4.69) is 0 Å². The molecule has 4 heteroatoms. The van der Waals surface area contributed by atoms with Crippen LogP contribution >= 0.6 is 0 Å². The zero-order valence-electron chi connectivity index (χ0n) is 13.2. The average molecular weight is 314 g/mol. The number of hydrogen-bond donors (Lipinski definition) is 1. The van der Waals surface area contributed by atoms with Crippen molar-refractivity contribution in [2.45, 2.75) is 38.4 Å². The van der Waals surface area contributed by atoms with E-state index in [4.69, 9.17) is 9.47 Å². The summed E-state index contributed by atoms with van der Waals surface area (Å²) >= 11 is 0. The van der Waals surface area contributed by atoms with E-state index in [-0.39, 0.29) is 0 Å². The summed E-state index contributed by atoms with van der Waals surface area (Å²) < 4.78 is 11.4. The Labute approximate surface area is 136 Å². The van der Waals surface area contributed by atoms with Crippen molar-refractivity contribution in [2.24, 2.45) is 0 Å². The third-order valence-electron chi connectivity index (χ3n) is 3.50. The summed E-state index contributed by atoms with van der Waals surface area (Å²) in [5.41, 5.74) is 1.94. The minimum Gasteiger partial charge on any atom is -0.391 e. The van der Waals surface area contributed by atoms with Gasteiger partial charge in [-0.3, -0.25) is 0 Å². The van der Waals surface area contributed by atoms with Crippen molar-refractivity contribution in [3.05, 3.63) is 71.8 Å². The van der Waals surface area contributed by atoms with Gasteiger partial charge in [-0.1, -0.05) is 60.7 Å². The maximum Gasteiger partial charge on any atom is 0.151 e. The summed E-state index contributed by atoms with van der Waals surface area (Å²) in [6.07, 6.45) is -1.66. The molecule has 0 aromatic heterocycles. The molecule has 23 heavy (non-hydrogen) atoms. The average Bonchev–Trinajstić information content (AvgIpc) is 2.59. The summed E-state index contributed by atoms with van der Waals surface area (Å²) in [6, 6.07) is 19.2. The minimum atomic E-state index is -0.820. The number of rotatable bonds is 9. The molecule has 0 unspecified atom stereocenters. The van der Waals surface area contributed by atoms with E-state index in [0.717, 1.165) is 11.1 Å². The zero-order valence-corrected chi connectivity index (χ0v) is 13.2. The highest BCUT2D eigenvalue weighted by molar-refractivity contribution is 5.57. The van der Waals surface area contributed by atoms with E-state index in [1.54, 1.807) is 6.92 Å². The SMILES string of the molecule is C[C@@H](O)[C@@H](OCc1ccccc1)[C@H](C=O)OCc1ccccc1. The second-order valence-corrected chi connectivity index (χ2v) is 5.40. The normalized spacial score (nSPS) is 14.9. The Bertz CT molecular complexity index is 568. The molecule has 0 heterocycles. The van der Waals surface area contributed by atoms with Crippen molar-refractivity contribution in [3.63, 3.8) is 0 Å². The van der Waals surface area contributed by atoms with Gasteiger partial charge in [-0.15, -0.1) is 0 Å². The highest BCUT2D eigenvalue weighted by atomic mass is 16.5. The van der Waals surface area contributed by atoms with E-state index in [1.165, 1.54) is 0 Å². The first kappa shape index (κ1) is 17.3. The fourth-order valence-electron chi connectivity index (χ4n) is 2.25. The molecule has 0 bridgehead atoms. The van der Waals surface area contributed by atoms with Crippen molar-refractivity contribution in [3.8, 4) is 0 Å². The van der Waals surface area contributed by atoms with Crippen LogP contribution < -0.4 is 0 Å². The molecule has 0 aliphatic rings. The predicted octanol–water partition coefficient (Wildman–Crippen LogP) is 2.74. The molecule has 0 radical (unpaired) electrons. The Kier molecular flexibility index (Phi) is 6.94. The quantitative estimate of drug-likeness (QED) is 0.723. The molecule has 0 fully saturated rings. The highest BCUT2D eigenvalue weighted by Crippen LogP contribution is 2.13. The summed E-state index contributed by atoms with van der Waals surface area (Å²) in [7, 11) is 0. The number of benzene rings is 2. The second kappa shape index (κ2) is 9.20. The summed E-state index contributed by atoms with van der Waals surface area (Å²) in [6.45, 7) is 2.20. The van der Waals surface area contributed by atoms with E-state index in [9.17, 15) is 9.90 Å². The minimum absolute atomic E-state index is 0.294. The van der Waals surface area contributed by atoms with Gasteiger partial charge in [-0.25, -0.2) is 0 Å². The second-order valence-electron chi connectivity index (χ2n) is 5.40. The topological polar surface area (TPSA) is 55.8 Å². The van der Waals surface area contributed by atoms with Crippen LogP contribution in [0, 0.1) is 0 Å². The van der Waals surface area contributed by atoms with Crippen LogP contribution in [0.25, 0.3) is 0 Å². The smallest absolute Gasteiger partial charge is 0.151 e. The molecule has 1 N–H and O–H groups in total. The van der Waals surface area contributed by atoms with Gasteiger partial charge in [-0.2, -0.15) is 0 Å². The Hall–Kier alpha value is -2.01. The lowest BCUT2D eigenvalue weighted by atomic mass is 10.1. The van der Waals surface area contributed by atoms with Gasteiger partial charge in [-0.05, 0) is 18.1 Å². The largest absolute Gasteiger partial charge is 0.391 e. The van der Waals surface area contributed by atoms with Crippen LogP contribution in [0.15, 0.2) is 60.7 Å². The van der Waals surface area contributed by atoms with E-state index >= 15 is 0 Å². The first-order valence-corrected chi connectivity index (χ1v) is 7.65. The fourth-order valence-corrected chi connectivity index (χ4v) is 2.25. The third kappa shape index (κ3) is 5.60. The first-order valence-electron chi connectivity index (χ1n) is 7.65. The third-order valence-corrected chi connectivity index (χ3v) is 3.50. The van der Waals surface area contributed by atoms with Crippen LogP contribution in [0.5, 0.6) is 0 Å². The maximum atomic E-state index is 11.4. The Morgan fingerprint density at radius 3 is 1.83 bits per heavy atom. The molecule has 2 aromatic rings. The van der Waals surface area contributed by atoms with Crippen LogP contribution in [0.3, 0.4) is 0 Å². The lowest BCUT2D eigenvalue weighted by molar-refractivity contribution is -0.146. The molecule has 4 nitrogen and oxygen atoms in total. The van der Waals surface area contributed by atoms with Crippen molar-refractivity contribution in [1.29, 1.82) is 0 Å². The fraction of sp³-hybridized carbons (Fsp3) is 0.316. The molecule has 0 spiro atoms. The van der Waals surface area contributed by atoms with Crippen LogP contribution in [0.1, 0.15) is 18.1 Å². The summed E-state index contributed by atoms with van der Waals surface area (Å²) in [5, 5.41) is 9.92. The van der Waals surface area contributed by atoms with Gasteiger partial charge in [0.05, 0.1) is 19.3 Å². The standard InChI is InChI=1S/C19H22O4/c1-15(21)19(23-14-17-10-6-3-7-11-17)18(12-20)22-13-16-8-4-2-5-9-16/h2-12,15,18-19,21H,13-14H2,1H3/t15-,18+,19-/m1/s1. The number of aliphatic hydroxyl groups is 1. The molecule has 0 amide bonds. The molecule has 0 saturated heterocycles. The highest BCUT2D eigenvalue weighted by Gasteiger charge is 2.27. The lowest BCUT2D eigenvalue weighted by Gasteiger charge is -2.26. The Morgan fingerprint density at radius 2 is 1.39 bits per heavy atom. The van der Waals surface area contributed by atoms with Gasteiger partial charge >= 0.3 is 0 Å². The van der Waals surface area contributed by atoms with Gasteiger partial charge in [0.1, 0.15) is 12.2 Å². The van der Waals surface area contributed by atoms with Crippen LogP contribution in [-0.4, -0.2) is 29.7 Å². The number of aldehydes is 1. The molecule has 0 aliphatic carbocycles. The van der Waals surface area contributed by atoms with Crippen LogP contribution in [0.2, 0.25) is 0 Å². The monoisotopic (exact) mass is 314 g/mol. The van der Waals surface area contributed by atoms with Gasteiger partial charge in [0.15, 0.2) is 6.29 Å². The number of carbonyl (C=O) groups excluding carboxylic acids is 1. The van der Waals surface area contributed by atoms with E-state index in [1.807, 2.05) is 60.7 Å². The van der Waals surface area contributed by atoms with Gasteiger partial charge in [0.2, 0.25) is 0 Å². The summed E-state index contributed by atoms with van der Waals surface area (Å²) in [4.78, 5) is 11.4. The number of aliphatic hydroxyl groups excluding tert-OH is 1. The zero-order chi connectivity index (χ0) is 16.5. The van der Waals surface area contributed by atoms with Gasteiger partial charge in [0, 0.05) is 0 Å².